The van der Waals surface area contributed by atoms with Gasteiger partial charge in [0.25, 0.3) is 10.1 Å². The van der Waals surface area contributed by atoms with Gasteiger partial charge in [0.15, 0.2) is 0 Å². The number of ether oxygens (including phenoxy) is 1. The van der Waals surface area contributed by atoms with Gasteiger partial charge in [-0.2, -0.15) is 12.7 Å². The summed E-state index contributed by atoms with van der Waals surface area (Å²) in [5.41, 5.74) is 2.85. The molecule has 0 unspecified atom stereocenters. The van der Waals surface area contributed by atoms with Crippen molar-refractivity contribution >= 4 is 21.8 Å². The molecule has 16 heavy (non-hydrogen) atoms. The highest BCUT2D eigenvalue weighted by atomic mass is 32.2. The van der Waals surface area contributed by atoms with Crippen molar-refractivity contribution in [2.45, 2.75) is 6.42 Å². The van der Waals surface area contributed by atoms with Gasteiger partial charge in [-0.25, -0.2) is 4.79 Å². The Morgan fingerprint density at radius 3 is 2.81 bits per heavy atom. The van der Waals surface area contributed by atoms with E-state index in [1.807, 2.05) is 0 Å². The van der Waals surface area contributed by atoms with E-state index < -0.39 is 16.1 Å². The molecule has 0 amide bonds. The highest BCUT2D eigenvalue weighted by molar-refractivity contribution is 7.85. The lowest BCUT2D eigenvalue weighted by Gasteiger charge is -2.12. The third kappa shape index (κ3) is 3.99. The summed E-state index contributed by atoms with van der Waals surface area (Å²) in [5.74, 6) is -0.571. The van der Waals surface area contributed by atoms with Gasteiger partial charge in [-0.1, -0.05) is 0 Å². The summed E-state index contributed by atoms with van der Waals surface area (Å²) in [4.78, 5) is 15.0. The molecule has 0 aromatic heterocycles. The summed E-state index contributed by atoms with van der Waals surface area (Å²) in [7, 11) is -2.33. The van der Waals surface area contributed by atoms with Crippen LogP contribution in [0.25, 0.3) is 0 Å². The van der Waals surface area contributed by atoms with Gasteiger partial charge in [0.05, 0.1) is 13.4 Å². The Labute approximate surface area is 93.2 Å². The fourth-order valence-corrected chi connectivity index (χ4v) is 1.28. The minimum absolute atomic E-state index is 0.133. The molecule has 0 saturated heterocycles. The molecule has 0 aliphatic carbocycles. The first-order chi connectivity index (χ1) is 7.42. The summed E-state index contributed by atoms with van der Waals surface area (Å²) in [6.45, 7) is 0.371. The highest BCUT2D eigenvalue weighted by Crippen LogP contribution is 2.06. The van der Waals surface area contributed by atoms with Crippen LogP contribution in [0.15, 0.2) is 16.8 Å². The zero-order chi connectivity index (χ0) is 12.2. The molecule has 0 fully saturated rings. The second kappa shape index (κ2) is 5.08. The van der Waals surface area contributed by atoms with Crippen molar-refractivity contribution in [3.05, 3.63) is 11.8 Å². The van der Waals surface area contributed by atoms with E-state index in [4.69, 9.17) is 0 Å². The van der Waals surface area contributed by atoms with Crippen molar-refractivity contribution in [1.29, 1.82) is 0 Å². The number of dihydropyridines is 1. The predicted molar refractivity (Wildman–Crippen MR) is 56.1 cm³/mol. The number of methoxy groups -OCH3 is 1. The molecule has 0 bridgehead atoms. The summed E-state index contributed by atoms with van der Waals surface area (Å²) < 4.78 is 30.3. The van der Waals surface area contributed by atoms with Gasteiger partial charge in [-0.05, 0) is 6.08 Å². The smallest absolute Gasteiger partial charge is 0.356 e. The SMILES string of the molecule is COC(=O)C1=NCCC(NOS(C)(=O)=O)=C1. The van der Waals surface area contributed by atoms with E-state index in [9.17, 15) is 13.2 Å². The van der Waals surface area contributed by atoms with Gasteiger partial charge >= 0.3 is 5.97 Å². The number of hydrogen-bond donors (Lipinski definition) is 1. The van der Waals surface area contributed by atoms with Crippen molar-refractivity contribution in [2.24, 2.45) is 4.99 Å². The second-order valence-corrected chi connectivity index (χ2v) is 4.64. The van der Waals surface area contributed by atoms with Crippen LogP contribution in [-0.4, -0.2) is 40.0 Å². The first-order valence-corrected chi connectivity index (χ1v) is 6.22. The van der Waals surface area contributed by atoms with E-state index in [2.05, 4.69) is 19.5 Å². The lowest BCUT2D eigenvalue weighted by atomic mass is 10.2. The van der Waals surface area contributed by atoms with E-state index in [0.717, 1.165) is 6.26 Å². The van der Waals surface area contributed by atoms with E-state index in [-0.39, 0.29) is 5.71 Å². The van der Waals surface area contributed by atoms with Crippen molar-refractivity contribution in [2.75, 3.05) is 19.9 Å². The van der Waals surface area contributed by atoms with Crippen molar-refractivity contribution < 1.29 is 22.2 Å². The molecule has 1 heterocycles. The fraction of sp³-hybridized carbons (Fsp3) is 0.500. The molecule has 1 rings (SSSR count). The minimum Gasteiger partial charge on any atom is -0.464 e. The summed E-state index contributed by atoms with van der Waals surface area (Å²) in [6.07, 6.45) is 2.77. The Morgan fingerprint density at radius 2 is 2.25 bits per heavy atom. The number of rotatable bonds is 4. The van der Waals surface area contributed by atoms with Crippen LogP contribution in [0.5, 0.6) is 0 Å². The molecule has 1 aliphatic rings. The Kier molecular flexibility index (Phi) is 4.02. The number of esters is 1. The van der Waals surface area contributed by atoms with Crippen molar-refractivity contribution in [1.82, 2.24) is 5.48 Å². The summed E-state index contributed by atoms with van der Waals surface area (Å²) >= 11 is 0. The molecule has 8 heteroatoms. The Hall–Kier alpha value is -1.41. The van der Waals surface area contributed by atoms with E-state index in [1.165, 1.54) is 13.2 Å². The molecule has 7 nitrogen and oxygen atoms in total. The molecular formula is C8H12N2O5S. The van der Waals surface area contributed by atoms with Gasteiger partial charge in [0, 0.05) is 18.7 Å². The molecule has 0 aromatic rings. The van der Waals surface area contributed by atoms with Crippen LogP contribution in [0.3, 0.4) is 0 Å². The summed E-state index contributed by atoms with van der Waals surface area (Å²) in [5, 5.41) is 0. The predicted octanol–water partition coefficient (Wildman–Crippen LogP) is -0.631. The number of aliphatic imine (C=N–C) groups is 1. The summed E-state index contributed by atoms with van der Waals surface area (Å²) in [6, 6.07) is 0. The largest absolute Gasteiger partial charge is 0.464 e. The first-order valence-electron chi connectivity index (χ1n) is 4.40. The van der Waals surface area contributed by atoms with Gasteiger partial charge < -0.3 is 4.74 Å². The van der Waals surface area contributed by atoms with Crippen molar-refractivity contribution in [3.8, 4) is 0 Å². The van der Waals surface area contributed by atoms with Crippen LogP contribution in [0.4, 0.5) is 0 Å². The van der Waals surface area contributed by atoms with Crippen LogP contribution in [-0.2, 0) is 23.9 Å². The monoisotopic (exact) mass is 248 g/mol. The van der Waals surface area contributed by atoms with Crippen LogP contribution in [0, 0.1) is 0 Å². The lowest BCUT2D eigenvalue weighted by Crippen LogP contribution is -2.25. The molecule has 1 aliphatic heterocycles. The van der Waals surface area contributed by atoms with Crippen LogP contribution in [0.1, 0.15) is 6.42 Å². The highest BCUT2D eigenvalue weighted by Gasteiger charge is 2.15. The van der Waals surface area contributed by atoms with Gasteiger partial charge in [0.2, 0.25) is 0 Å². The normalized spacial score (nSPS) is 16.1. The molecule has 1 N–H and O–H groups in total. The van der Waals surface area contributed by atoms with Crippen molar-refractivity contribution in [3.63, 3.8) is 0 Å². The zero-order valence-electron chi connectivity index (χ0n) is 8.89. The number of hydrogen-bond acceptors (Lipinski definition) is 7. The zero-order valence-corrected chi connectivity index (χ0v) is 9.70. The number of carbonyl (C=O) groups excluding carboxylic acids is 1. The molecule has 0 spiro atoms. The lowest BCUT2D eigenvalue weighted by molar-refractivity contribution is -0.132. The van der Waals surface area contributed by atoms with Gasteiger partial charge in [-0.3, -0.25) is 10.5 Å². The van der Waals surface area contributed by atoms with Crippen LogP contribution < -0.4 is 5.48 Å². The average molecular weight is 248 g/mol. The van der Waals surface area contributed by atoms with Gasteiger partial charge in [0.1, 0.15) is 5.71 Å². The second-order valence-electron chi connectivity index (χ2n) is 3.07. The number of nitrogens with one attached hydrogen (secondary N) is 1. The Bertz CT molecular complexity index is 437. The fourth-order valence-electron chi connectivity index (χ4n) is 1.02. The van der Waals surface area contributed by atoms with E-state index in [1.54, 1.807) is 0 Å². The Balaban J connectivity index is 2.66. The average Bonchev–Trinajstić information content (AvgIpc) is 2.25. The number of carbonyl (C=O) groups is 1. The topological polar surface area (TPSA) is 94.1 Å². The van der Waals surface area contributed by atoms with E-state index >= 15 is 0 Å². The van der Waals surface area contributed by atoms with E-state index in [0.29, 0.717) is 18.7 Å². The molecule has 0 radical (unpaired) electrons. The number of nitrogens with zero attached hydrogens (tertiary/aromatic N) is 1. The Morgan fingerprint density at radius 1 is 1.56 bits per heavy atom. The number of hydroxylamine groups is 1. The van der Waals surface area contributed by atoms with Crippen LogP contribution >= 0.6 is 0 Å². The third-order valence-corrected chi connectivity index (χ3v) is 2.08. The molecule has 90 valence electrons. The van der Waals surface area contributed by atoms with Gasteiger partial charge in [-0.15, -0.1) is 0 Å². The molecule has 0 saturated carbocycles. The standard InChI is InChI=1S/C8H12N2O5S/c1-14-8(11)7-5-6(3-4-9-7)10-15-16(2,12)13/h5,10H,3-4H2,1-2H3. The third-order valence-electron chi connectivity index (χ3n) is 1.69. The van der Waals surface area contributed by atoms with Crippen LogP contribution in [0.2, 0.25) is 0 Å². The first kappa shape index (κ1) is 12.7. The quantitative estimate of drug-likeness (QED) is 0.526. The maximum atomic E-state index is 11.1. The molecule has 0 aromatic carbocycles. The maximum absolute atomic E-state index is 11.1. The molecular weight excluding hydrogens is 236 g/mol. The minimum atomic E-state index is -3.57. The molecule has 0 atom stereocenters. The maximum Gasteiger partial charge on any atom is 0.356 e.